The maximum absolute atomic E-state index is 12.6. The van der Waals surface area contributed by atoms with Crippen LogP contribution < -0.4 is 11.1 Å². The lowest BCUT2D eigenvalue weighted by molar-refractivity contribution is -0.116. The van der Waals surface area contributed by atoms with E-state index in [1.807, 2.05) is 35.7 Å². The fraction of sp³-hybridized carbons (Fsp3) is 0.174. The van der Waals surface area contributed by atoms with Gasteiger partial charge in [0.2, 0.25) is 5.91 Å². The van der Waals surface area contributed by atoms with Gasteiger partial charge >= 0.3 is 11.7 Å². The summed E-state index contributed by atoms with van der Waals surface area (Å²) in [5.41, 5.74) is 3.01. The molecular weight excluding hydrogens is 416 g/mol. The monoisotopic (exact) mass is 436 g/mol. The number of aromatic nitrogens is 1. The minimum absolute atomic E-state index is 0.0459. The Labute approximate surface area is 181 Å². The van der Waals surface area contributed by atoms with Gasteiger partial charge in [-0.2, -0.15) is 0 Å². The number of ether oxygens (including phenoxy) is 1. The van der Waals surface area contributed by atoms with Crippen molar-refractivity contribution in [3.63, 3.8) is 0 Å². The highest BCUT2D eigenvalue weighted by Gasteiger charge is 2.23. The number of aryl methyl sites for hydroxylation is 1. The van der Waals surface area contributed by atoms with Gasteiger partial charge in [-0.1, -0.05) is 42.5 Å². The topological polar surface area (TPSA) is 90.5 Å². The lowest BCUT2D eigenvalue weighted by atomic mass is 10.0. The molecule has 7 nitrogen and oxygen atoms in total. The first-order valence-corrected chi connectivity index (χ1v) is 10.7. The fourth-order valence-electron chi connectivity index (χ4n) is 3.31. The molecule has 0 fully saturated rings. The van der Waals surface area contributed by atoms with E-state index in [-0.39, 0.29) is 25.5 Å². The molecule has 0 spiro atoms. The Morgan fingerprint density at radius 1 is 1.10 bits per heavy atom. The number of hydrogen-bond acceptors (Lipinski definition) is 6. The van der Waals surface area contributed by atoms with Gasteiger partial charge in [0.15, 0.2) is 5.58 Å². The molecule has 0 aliphatic carbocycles. The highest BCUT2D eigenvalue weighted by Crippen LogP contribution is 2.36. The average Bonchev–Trinajstić information content (AvgIpc) is 3.33. The van der Waals surface area contributed by atoms with Gasteiger partial charge in [0.05, 0.1) is 12.1 Å². The molecule has 158 valence electrons. The number of hydrogen-bond donors (Lipinski definition) is 1. The Hall–Kier alpha value is -3.65. The molecule has 0 bridgehead atoms. The summed E-state index contributed by atoms with van der Waals surface area (Å²) in [5.74, 6) is -1.32. The van der Waals surface area contributed by atoms with Crippen molar-refractivity contribution in [3.05, 3.63) is 76.1 Å². The zero-order chi connectivity index (χ0) is 21.8. The number of carbonyl (C=O) groups excluding carboxylic acids is 2. The lowest BCUT2D eigenvalue weighted by Gasteiger charge is -2.09. The molecule has 0 aliphatic rings. The first-order chi connectivity index (χ1) is 15.1. The number of para-hydroxylation sites is 2. The standard InChI is InChI=1S/C23H20N2O5S/c1-2-29-22(27)20-16(15-8-4-3-5-9-15)14-31-21(20)24-19(26)12-13-25-17-10-6-7-11-18(17)30-23(25)28/h3-11,14H,2,12-13H2,1H3,(H,24,26). The molecule has 2 aromatic heterocycles. The molecule has 0 unspecified atom stereocenters. The molecule has 8 heteroatoms. The number of nitrogens with zero attached hydrogens (tertiary/aromatic N) is 1. The van der Waals surface area contributed by atoms with Crippen LogP contribution in [0.15, 0.2) is 69.2 Å². The molecule has 0 saturated heterocycles. The Kier molecular flexibility index (Phi) is 5.99. The maximum Gasteiger partial charge on any atom is 0.419 e. The molecule has 0 aliphatic heterocycles. The first kappa shape index (κ1) is 20.6. The van der Waals surface area contributed by atoms with Crippen LogP contribution >= 0.6 is 11.3 Å². The zero-order valence-electron chi connectivity index (χ0n) is 16.8. The Morgan fingerprint density at radius 3 is 2.61 bits per heavy atom. The predicted molar refractivity (Wildman–Crippen MR) is 119 cm³/mol. The molecule has 1 N–H and O–H groups in total. The van der Waals surface area contributed by atoms with Crippen molar-refractivity contribution in [1.29, 1.82) is 0 Å². The summed E-state index contributed by atoms with van der Waals surface area (Å²) in [6, 6.07) is 16.5. The van der Waals surface area contributed by atoms with Crippen LogP contribution in [0.1, 0.15) is 23.7 Å². The lowest BCUT2D eigenvalue weighted by Crippen LogP contribution is -2.20. The van der Waals surface area contributed by atoms with Crippen LogP contribution in [0.2, 0.25) is 0 Å². The third-order valence-electron chi connectivity index (χ3n) is 4.74. The van der Waals surface area contributed by atoms with E-state index in [0.717, 1.165) is 5.56 Å². The Bertz CT molecular complexity index is 1290. The summed E-state index contributed by atoms with van der Waals surface area (Å²) < 4.78 is 11.8. The molecule has 0 radical (unpaired) electrons. The van der Waals surface area contributed by atoms with Crippen molar-refractivity contribution in [1.82, 2.24) is 4.57 Å². The van der Waals surface area contributed by atoms with Crippen LogP contribution in [-0.4, -0.2) is 23.1 Å². The quantitative estimate of drug-likeness (QED) is 0.430. The van der Waals surface area contributed by atoms with Gasteiger partial charge in [-0.25, -0.2) is 9.59 Å². The van der Waals surface area contributed by atoms with Crippen molar-refractivity contribution < 1.29 is 18.7 Å². The van der Waals surface area contributed by atoms with E-state index in [1.165, 1.54) is 15.9 Å². The summed E-state index contributed by atoms with van der Waals surface area (Å²) >= 11 is 1.26. The second kappa shape index (κ2) is 9.01. The van der Waals surface area contributed by atoms with Crippen LogP contribution in [0.4, 0.5) is 5.00 Å². The third kappa shape index (κ3) is 4.29. The minimum atomic E-state index is -0.510. The number of benzene rings is 2. The number of oxazole rings is 1. The Morgan fingerprint density at radius 2 is 1.84 bits per heavy atom. The summed E-state index contributed by atoms with van der Waals surface area (Å²) in [7, 11) is 0. The van der Waals surface area contributed by atoms with Gasteiger partial charge in [0, 0.05) is 23.9 Å². The summed E-state index contributed by atoms with van der Waals surface area (Å²) in [6.07, 6.45) is 0.0459. The number of carbonyl (C=O) groups is 2. The molecule has 0 atom stereocenters. The van der Waals surface area contributed by atoms with Crippen LogP contribution in [0, 0.1) is 0 Å². The molecule has 4 rings (SSSR count). The number of anilines is 1. The molecule has 0 saturated carbocycles. The van der Waals surface area contributed by atoms with E-state index >= 15 is 0 Å². The van der Waals surface area contributed by atoms with E-state index in [9.17, 15) is 14.4 Å². The van der Waals surface area contributed by atoms with Crippen LogP contribution in [0.3, 0.4) is 0 Å². The first-order valence-electron chi connectivity index (χ1n) is 9.80. The zero-order valence-corrected chi connectivity index (χ0v) is 17.6. The predicted octanol–water partition coefficient (Wildman–Crippen LogP) is 4.53. The second-order valence-electron chi connectivity index (χ2n) is 6.73. The van der Waals surface area contributed by atoms with E-state index in [1.54, 1.807) is 31.2 Å². The minimum Gasteiger partial charge on any atom is -0.462 e. The van der Waals surface area contributed by atoms with E-state index in [2.05, 4.69) is 5.32 Å². The normalized spacial score (nSPS) is 10.9. The van der Waals surface area contributed by atoms with Crippen molar-refractivity contribution in [2.45, 2.75) is 19.9 Å². The van der Waals surface area contributed by atoms with Crippen LogP contribution in [0.25, 0.3) is 22.2 Å². The second-order valence-corrected chi connectivity index (χ2v) is 7.61. The highest BCUT2D eigenvalue weighted by atomic mass is 32.1. The molecule has 31 heavy (non-hydrogen) atoms. The van der Waals surface area contributed by atoms with Gasteiger partial charge in [0.25, 0.3) is 0 Å². The number of rotatable bonds is 7. The highest BCUT2D eigenvalue weighted by molar-refractivity contribution is 7.15. The van der Waals surface area contributed by atoms with Gasteiger partial charge < -0.3 is 14.5 Å². The molecule has 2 aromatic carbocycles. The molecular formula is C23H20N2O5S. The van der Waals surface area contributed by atoms with Crippen molar-refractivity contribution in [2.24, 2.45) is 0 Å². The smallest absolute Gasteiger partial charge is 0.419 e. The summed E-state index contributed by atoms with van der Waals surface area (Å²) in [5, 5.41) is 5.05. The summed E-state index contributed by atoms with van der Waals surface area (Å²) in [6.45, 7) is 2.12. The Balaban J connectivity index is 1.55. The summed E-state index contributed by atoms with van der Waals surface area (Å²) in [4.78, 5) is 37.3. The van der Waals surface area contributed by atoms with Gasteiger partial charge in [-0.15, -0.1) is 11.3 Å². The fourth-order valence-corrected chi connectivity index (χ4v) is 4.29. The molecule has 4 aromatic rings. The number of fused-ring (bicyclic) bond motifs is 1. The van der Waals surface area contributed by atoms with Crippen molar-refractivity contribution in [3.8, 4) is 11.1 Å². The number of esters is 1. The van der Waals surface area contributed by atoms with Gasteiger partial charge in [0.1, 0.15) is 10.6 Å². The number of thiophene rings is 1. The van der Waals surface area contributed by atoms with Crippen LogP contribution in [-0.2, 0) is 16.1 Å². The van der Waals surface area contributed by atoms with E-state index in [4.69, 9.17) is 9.15 Å². The average molecular weight is 436 g/mol. The van der Waals surface area contributed by atoms with E-state index < -0.39 is 11.7 Å². The van der Waals surface area contributed by atoms with Crippen molar-refractivity contribution in [2.75, 3.05) is 11.9 Å². The largest absolute Gasteiger partial charge is 0.462 e. The van der Waals surface area contributed by atoms with Crippen LogP contribution in [0.5, 0.6) is 0 Å². The number of amides is 1. The van der Waals surface area contributed by atoms with E-state index in [0.29, 0.717) is 27.2 Å². The maximum atomic E-state index is 12.6. The molecule has 2 heterocycles. The number of nitrogens with one attached hydrogen (secondary N) is 1. The van der Waals surface area contributed by atoms with Gasteiger partial charge in [-0.05, 0) is 24.6 Å². The molecule has 1 amide bonds. The van der Waals surface area contributed by atoms with Gasteiger partial charge in [-0.3, -0.25) is 9.36 Å². The van der Waals surface area contributed by atoms with Crippen molar-refractivity contribution >= 4 is 39.3 Å². The SMILES string of the molecule is CCOC(=O)c1c(-c2ccccc2)csc1NC(=O)CCn1c(=O)oc2ccccc21. The third-order valence-corrected chi connectivity index (χ3v) is 5.64.